The van der Waals surface area contributed by atoms with Crippen LogP contribution >= 0.6 is 0 Å². The number of halogens is 1. The number of aromatic amines is 1. The molecule has 0 bridgehead atoms. The maximum Gasteiger partial charge on any atom is 0.255 e. The van der Waals surface area contributed by atoms with Crippen molar-refractivity contribution in [2.24, 2.45) is 0 Å². The zero-order valence-electron chi connectivity index (χ0n) is 13.2. The van der Waals surface area contributed by atoms with Crippen molar-refractivity contribution in [3.63, 3.8) is 0 Å². The Balaban J connectivity index is 1.73. The third-order valence-corrected chi connectivity index (χ3v) is 4.24. The summed E-state index contributed by atoms with van der Waals surface area (Å²) >= 11 is 0. The number of likely N-dealkylation sites (N-methyl/N-ethyl adjacent to an activating group) is 1. The van der Waals surface area contributed by atoms with E-state index in [1.54, 1.807) is 36.5 Å². The Kier molecular flexibility index (Phi) is 4.27. The Hall–Kier alpha value is -2.44. The first kappa shape index (κ1) is 15.5. The number of aromatic nitrogens is 3. The first-order valence-corrected chi connectivity index (χ1v) is 7.62. The van der Waals surface area contributed by atoms with E-state index in [0.717, 1.165) is 5.69 Å². The molecule has 1 aliphatic rings. The van der Waals surface area contributed by atoms with Crippen molar-refractivity contribution < 1.29 is 9.18 Å². The smallest absolute Gasteiger partial charge is 0.255 e. The van der Waals surface area contributed by atoms with Crippen LogP contribution in [0.15, 0.2) is 30.9 Å². The molecule has 2 atom stereocenters. The summed E-state index contributed by atoms with van der Waals surface area (Å²) in [5.74, 6) is 0.637. The summed E-state index contributed by atoms with van der Waals surface area (Å²) in [7, 11) is 1.75. The summed E-state index contributed by atoms with van der Waals surface area (Å²) in [5, 5.41) is 0. The van der Waals surface area contributed by atoms with E-state index in [1.165, 1.54) is 6.33 Å². The van der Waals surface area contributed by atoms with E-state index in [2.05, 4.69) is 15.0 Å². The minimum atomic E-state index is -0.910. The minimum absolute atomic E-state index is 0.0614. The lowest BCUT2D eigenvalue weighted by Gasteiger charge is -2.29. The van der Waals surface area contributed by atoms with Gasteiger partial charge in [-0.25, -0.2) is 14.4 Å². The topological polar surface area (TPSA) is 65.1 Å². The molecule has 1 amide bonds. The second-order valence-corrected chi connectivity index (χ2v) is 5.91. The minimum Gasteiger partial charge on any atom is -0.365 e. The van der Waals surface area contributed by atoms with Crippen molar-refractivity contribution in [2.45, 2.75) is 25.6 Å². The summed E-state index contributed by atoms with van der Waals surface area (Å²) in [6.45, 7) is 2.61. The molecule has 1 N–H and O–H groups in total. The molecule has 2 aromatic heterocycles. The lowest BCUT2D eigenvalue weighted by molar-refractivity contribution is 0.0785. The number of aryl methyl sites for hydroxylation is 1. The van der Waals surface area contributed by atoms with Gasteiger partial charge in [0.05, 0.1) is 18.2 Å². The van der Waals surface area contributed by atoms with Crippen molar-refractivity contribution in [3.05, 3.63) is 42.1 Å². The number of hydrogen-bond acceptors (Lipinski definition) is 4. The summed E-state index contributed by atoms with van der Waals surface area (Å²) in [5.41, 5.74) is 1.49. The summed E-state index contributed by atoms with van der Waals surface area (Å²) in [6.07, 6.45) is 4.33. The van der Waals surface area contributed by atoms with E-state index in [0.29, 0.717) is 30.9 Å². The van der Waals surface area contributed by atoms with E-state index in [9.17, 15) is 9.18 Å². The highest BCUT2D eigenvalue weighted by atomic mass is 19.1. The Bertz CT molecular complexity index is 674. The number of amides is 1. The maximum absolute atomic E-state index is 13.9. The number of rotatable bonds is 4. The predicted octanol–water partition coefficient (Wildman–Crippen LogP) is 1.80. The number of hydrogen-bond donors (Lipinski definition) is 1. The van der Waals surface area contributed by atoms with E-state index in [1.807, 2.05) is 11.8 Å². The molecular weight excluding hydrogens is 297 g/mol. The monoisotopic (exact) mass is 317 g/mol. The molecule has 0 aliphatic carbocycles. The Morgan fingerprint density at radius 1 is 1.52 bits per heavy atom. The Morgan fingerprint density at radius 2 is 2.35 bits per heavy atom. The highest BCUT2D eigenvalue weighted by molar-refractivity contribution is 5.95. The van der Waals surface area contributed by atoms with Gasteiger partial charge in [-0.05, 0) is 19.1 Å². The predicted molar refractivity (Wildman–Crippen MR) is 85.2 cm³/mol. The molecule has 3 rings (SSSR count). The molecule has 2 aromatic rings. The first-order chi connectivity index (χ1) is 11.1. The Labute approximate surface area is 134 Å². The molecule has 1 saturated heterocycles. The highest BCUT2D eigenvalue weighted by Crippen LogP contribution is 2.26. The number of anilines is 1. The second kappa shape index (κ2) is 6.36. The molecule has 0 unspecified atom stereocenters. The molecule has 6 nitrogen and oxygen atoms in total. The highest BCUT2D eigenvalue weighted by Gasteiger charge is 2.34. The van der Waals surface area contributed by atoms with Gasteiger partial charge in [0.15, 0.2) is 0 Å². The number of nitrogens with zero attached hydrogens (tertiary/aromatic N) is 4. The standard InChI is InChI=1S/C16H20FN5O/c1-11-14(3-6-19-11)16(23)21(2)9-13-7-12(17)8-22(13)15-4-5-18-10-20-15/h3-6,10,12-13,19H,7-9H2,1-2H3/t12-,13-/m0/s1. The summed E-state index contributed by atoms with van der Waals surface area (Å²) < 4.78 is 13.9. The van der Waals surface area contributed by atoms with Gasteiger partial charge in [-0.2, -0.15) is 0 Å². The van der Waals surface area contributed by atoms with Gasteiger partial charge in [0.1, 0.15) is 18.3 Å². The number of alkyl halides is 1. The van der Waals surface area contributed by atoms with Crippen molar-refractivity contribution in [1.82, 2.24) is 19.9 Å². The summed E-state index contributed by atoms with van der Waals surface area (Å²) in [4.78, 5) is 27.2. The van der Waals surface area contributed by atoms with E-state index >= 15 is 0 Å². The third kappa shape index (κ3) is 3.18. The molecule has 1 fully saturated rings. The van der Waals surface area contributed by atoms with Crippen LogP contribution in [0.1, 0.15) is 22.5 Å². The van der Waals surface area contributed by atoms with Crippen molar-refractivity contribution >= 4 is 11.7 Å². The van der Waals surface area contributed by atoms with E-state index in [-0.39, 0.29) is 11.9 Å². The number of carbonyl (C=O) groups is 1. The SMILES string of the molecule is Cc1[nH]ccc1C(=O)N(C)C[C@@H]1C[C@H](F)CN1c1ccncn1. The van der Waals surface area contributed by atoms with Crippen LogP contribution in [0.25, 0.3) is 0 Å². The first-order valence-electron chi connectivity index (χ1n) is 7.62. The average molecular weight is 317 g/mol. The third-order valence-electron chi connectivity index (χ3n) is 4.24. The maximum atomic E-state index is 13.9. The molecule has 0 saturated carbocycles. The van der Waals surface area contributed by atoms with Crippen LogP contribution in [-0.4, -0.2) is 58.1 Å². The van der Waals surface area contributed by atoms with Gasteiger partial charge in [-0.15, -0.1) is 0 Å². The van der Waals surface area contributed by atoms with Crippen LogP contribution in [0, 0.1) is 6.92 Å². The molecule has 7 heteroatoms. The zero-order valence-corrected chi connectivity index (χ0v) is 13.2. The molecule has 23 heavy (non-hydrogen) atoms. The number of carbonyl (C=O) groups excluding carboxylic acids is 1. The van der Waals surface area contributed by atoms with Gasteiger partial charge in [-0.1, -0.05) is 0 Å². The number of nitrogens with one attached hydrogen (secondary N) is 1. The van der Waals surface area contributed by atoms with Gasteiger partial charge in [-0.3, -0.25) is 4.79 Å². The molecular formula is C16H20FN5O. The van der Waals surface area contributed by atoms with E-state index in [4.69, 9.17) is 0 Å². The second-order valence-electron chi connectivity index (χ2n) is 5.91. The molecule has 1 aliphatic heterocycles. The average Bonchev–Trinajstić information content (AvgIpc) is 3.13. The quantitative estimate of drug-likeness (QED) is 0.934. The fraction of sp³-hybridized carbons (Fsp3) is 0.438. The van der Waals surface area contributed by atoms with Crippen molar-refractivity contribution in [3.8, 4) is 0 Å². The molecule has 122 valence electrons. The van der Waals surface area contributed by atoms with Gasteiger partial charge in [0.2, 0.25) is 0 Å². The van der Waals surface area contributed by atoms with Crippen LogP contribution in [-0.2, 0) is 0 Å². The summed E-state index contributed by atoms with van der Waals surface area (Å²) in [6, 6.07) is 3.44. The van der Waals surface area contributed by atoms with Gasteiger partial charge in [0, 0.05) is 38.1 Å². The normalized spacial score (nSPS) is 20.7. The van der Waals surface area contributed by atoms with Crippen LogP contribution < -0.4 is 4.90 Å². The number of H-pyrrole nitrogens is 1. The van der Waals surface area contributed by atoms with Gasteiger partial charge >= 0.3 is 0 Å². The lowest BCUT2D eigenvalue weighted by Crippen LogP contribution is -2.41. The lowest BCUT2D eigenvalue weighted by atomic mass is 10.1. The van der Waals surface area contributed by atoms with Crippen molar-refractivity contribution in [1.29, 1.82) is 0 Å². The van der Waals surface area contributed by atoms with E-state index < -0.39 is 6.17 Å². The van der Waals surface area contributed by atoms with Crippen LogP contribution in [0.5, 0.6) is 0 Å². The largest absolute Gasteiger partial charge is 0.365 e. The fourth-order valence-corrected chi connectivity index (χ4v) is 3.06. The van der Waals surface area contributed by atoms with Gasteiger partial charge < -0.3 is 14.8 Å². The molecule has 0 aromatic carbocycles. The van der Waals surface area contributed by atoms with Crippen LogP contribution in [0.3, 0.4) is 0 Å². The fourth-order valence-electron chi connectivity index (χ4n) is 3.06. The van der Waals surface area contributed by atoms with Gasteiger partial charge in [0.25, 0.3) is 5.91 Å². The molecule has 0 spiro atoms. The zero-order chi connectivity index (χ0) is 16.4. The van der Waals surface area contributed by atoms with Crippen molar-refractivity contribution in [2.75, 3.05) is 25.0 Å². The van der Waals surface area contributed by atoms with Crippen LogP contribution in [0.2, 0.25) is 0 Å². The van der Waals surface area contributed by atoms with Crippen LogP contribution in [0.4, 0.5) is 10.2 Å². The Morgan fingerprint density at radius 3 is 3.00 bits per heavy atom. The molecule has 3 heterocycles. The molecule has 0 radical (unpaired) electrons.